The zero-order valence-corrected chi connectivity index (χ0v) is 20.6. The van der Waals surface area contributed by atoms with E-state index >= 15 is 0 Å². The standard InChI is InChI=1S/C26H21Cl2FN2O2S/c1-2-13-31-25(32)24(34-26(31)30-21-10-6-19(27)7-11-21)15-18-5-12-23(22(28)14-18)33-16-17-3-8-20(29)9-4-17/h3-12,14-15H,2,13,16H2,1H3/b24-15-,30-26?. The highest BCUT2D eigenvalue weighted by Gasteiger charge is 2.32. The van der Waals surface area contributed by atoms with Gasteiger partial charge in [0.25, 0.3) is 5.91 Å². The lowest BCUT2D eigenvalue weighted by Gasteiger charge is -2.13. The smallest absolute Gasteiger partial charge is 0.266 e. The molecule has 0 saturated carbocycles. The first-order chi connectivity index (χ1) is 16.4. The summed E-state index contributed by atoms with van der Waals surface area (Å²) in [5.41, 5.74) is 2.34. The van der Waals surface area contributed by atoms with Crippen LogP contribution in [0.3, 0.4) is 0 Å². The van der Waals surface area contributed by atoms with Crippen molar-refractivity contribution in [1.82, 2.24) is 4.90 Å². The van der Waals surface area contributed by atoms with Crippen LogP contribution < -0.4 is 4.74 Å². The molecule has 1 aliphatic rings. The fourth-order valence-electron chi connectivity index (χ4n) is 3.26. The predicted molar refractivity (Wildman–Crippen MR) is 138 cm³/mol. The first kappa shape index (κ1) is 24.3. The molecule has 8 heteroatoms. The molecule has 1 aliphatic heterocycles. The summed E-state index contributed by atoms with van der Waals surface area (Å²) < 4.78 is 18.8. The Morgan fingerprint density at radius 2 is 1.79 bits per heavy atom. The quantitative estimate of drug-likeness (QED) is 0.303. The van der Waals surface area contributed by atoms with Crippen LogP contribution in [0, 0.1) is 5.82 Å². The van der Waals surface area contributed by atoms with Crippen LogP contribution in [0.1, 0.15) is 24.5 Å². The minimum absolute atomic E-state index is 0.0904. The average molecular weight is 515 g/mol. The summed E-state index contributed by atoms with van der Waals surface area (Å²) >= 11 is 13.7. The molecule has 4 rings (SSSR count). The van der Waals surface area contributed by atoms with Gasteiger partial charge in [0.15, 0.2) is 5.17 Å². The van der Waals surface area contributed by atoms with Crippen molar-refractivity contribution in [1.29, 1.82) is 0 Å². The number of amides is 1. The molecule has 0 bridgehead atoms. The molecule has 1 amide bonds. The predicted octanol–water partition coefficient (Wildman–Crippen LogP) is 7.73. The fourth-order valence-corrected chi connectivity index (χ4v) is 4.65. The summed E-state index contributed by atoms with van der Waals surface area (Å²) in [6.45, 7) is 2.86. The van der Waals surface area contributed by atoms with E-state index in [1.807, 2.05) is 25.1 Å². The minimum atomic E-state index is -0.294. The van der Waals surface area contributed by atoms with Crippen LogP contribution >= 0.6 is 35.0 Å². The van der Waals surface area contributed by atoms with Gasteiger partial charge in [0.2, 0.25) is 0 Å². The molecule has 34 heavy (non-hydrogen) atoms. The second-order valence-electron chi connectivity index (χ2n) is 7.54. The van der Waals surface area contributed by atoms with E-state index in [0.717, 1.165) is 23.2 Å². The molecule has 0 aliphatic carbocycles. The number of nitrogens with zero attached hydrogens (tertiary/aromatic N) is 2. The Bertz CT molecular complexity index is 1240. The van der Waals surface area contributed by atoms with E-state index in [4.69, 9.17) is 27.9 Å². The van der Waals surface area contributed by atoms with E-state index in [9.17, 15) is 9.18 Å². The van der Waals surface area contributed by atoms with Crippen molar-refractivity contribution in [2.24, 2.45) is 4.99 Å². The first-order valence-corrected chi connectivity index (χ1v) is 12.2. The van der Waals surface area contributed by atoms with Crippen LogP contribution in [0.2, 0.25) is 10.0 Å². The molecular formula is C26H21Cl2FN2O2S. The summed E-state index contributed by atoms with van der Waals surface area (Å²) in [5.74, 6) is 0.126. The van der Waals surface area contributed by atoms with Gasteiger partial charge in [0, 0.05) is 11.6 Å². The van der Waals surface area contributed by atoms with Gasteiger partial charge in [-0.05, 0) is 83.9 Å². The number of carbonyl (C=O) groups is 1. The van der Waals surface area contributed by atoms with Gasteiger partial charge in [-0.15, -0.1) is 0 Å². The maximum absolute atomic E-state index is 13.1. The molecule has 1 fully saturated rings. The second kappa shape index (κ2) is 11.1. The minimum Gasteiger partial charge on any atom is -0.487 e. The maximum Gasteiger partial charge on any atom is 0.266 e. The van der Waals surface area contributed by atoms with Crippen molar-refractivity contribution in [3.63, 3.8) is 0 Å². The largest absolute Gasteiger partial charge is 0.487 e. The van der Waals surface area contributed by atoms with E-state index < -0.39 is 0 Å². The molecule has 0 N–H and O–H groups in total. The summed E-state index contributed by atoms with van der Waals surface area (Å²) in [4.78, 5) is 19.9. The Labute approximate surface area is 212 Å². The monoisotopic (exact) mass is 514 g/mol. The molecule has 174 valence electrons. The SMILES string of the molecule is CCCN1C(=O)/C(=C/c2ccc(OCc3ccc(F)cc3)c(Cl)c2)SC1=Nc1ccc(Cl)cc1. The molecule has 3 aromatic carbocycles. The highest BCUT2D eigenvalue weighted by atomic mass is 35.5. The highest BCUT2D eigenvalue weighted by molar-refractivity contribution is 8.18. The fraction of sp³-hybridized carbons (Fsp3) is 0.154. The van der Waals surface area contributed by atoms with Crippen molar-refractivity contribution in [2.45, 2.75) is 20.0 Å². The molecule has 4 nitrogen and oxygen atoms in total. The van der Waals surface area contributed by atoms with Crippen LogP contribution in [0.4, 0.5) is 10.1 Å². The number of hydrogen-bond acceptors (Lipinski definition) is 4. The molecule has 1 saturated heterocycles. The Morgan fingerprint density at radius 1 is 1.06 bits per heavy atom. The van der Waals surface area contributed by atoms with Crippen LogP contribution in [-0.4, -0.2) is 22.5 Å². The number of rotatable bonds is 7. The molecule has 3 aromatic rings. The van der Waals surface area contributed by atoms with Crippen molar-refractivity contribution in [3.8, 4) is 5.75 Å². The third kappa shape index (κ3) is 6.00. The Balaban J connectivity index is 1.51. The lowest BCUT2D eigenvalue weighted by Crippen LogP contribution is -2.29. The Kier molecular flexibility index (Phi) is 7.93. The number of hydrogen-bond donors (Lipinski definition) is 0. The number of aliphatic imine (C=N–C) groups is 1. The number of carbonyl (C=O) groups excluding carboxylic acids is 1. The van der Waals surface area contributed by atoms with Crippen LogP contribution in [0.25, 0.3) is 6.08 Å². The normalized spacial score (nSPS) is 16.0. The number of halogens is 3. The Hall–Kier alpha value is -2.80. The maximum atomic E-state index is 13.1. The number of thioether (sulfide) groups is 1. The number of benzene rings is 3. The molecule has 0 aromatic heterocycles. The van der Waals surface area contributed by atoms with Crippen molar-refractivity contribution in [3.05, 3.63) is 98.6 Å². The zero-order chi connectivity index (χ0) is 24.1. The van der Waals surface area contributed by atoms with Crippen molar-refractivity contribution in [2.75, 3.05) is 6.54 Å². The lowest BCUT2D eigenvalue weighted by atomic mass is 10.2. The highest BCUT2D eigenvalue weighted by Crippen LogP contribution is 2.35. The summed E-state index contributed by atoms with van der Waals surface area (Å²) in [7, 11) is 0. The van der Waals surface area contributed by atoms with E-state index in [1.165, 1.54) is 23.9 Å². The summed E-state index contributed by atoms with van der Waals surface area (Å²) in [5, 5.41) is 1.69. The van der Waals surface area contributed by atoms with Crippen molar-refractivity contribution < 1.29 is 13.9 Å². The van der Waals surface area contributed by atoms with Gasteiger partial charge in [0.1, 0.15) is 18.2 Å². The van der Waals surface area contributed by atoms with E-state index in [0.29, 0.717) is 32.4 Å². The number of ether oxygens (including phenoxy) is 1. The van der Waals surface area contributed by atoms with Gasteiger partial charge in [-0.25, -0.2) is 9.38 Å². The van der Waals surface area contributed by atoms with Crippen LogP contribution in [-0.2, 0) is 11.4 Å². The van der Waals surface area contributed by atoms with Gasteiger partial charge < -0.3 is 4.74 Å². The molecule has 0 radical (unpaired) electrons. The first-order valence-electron chi connectivity index (χ1n) is 10.7. The van der Waals surface area contributed by atoms with Crippen LogP contribution in [0.5, 0.6) is 5.75 Å². The molecule has 0 atom stereocenters. The lowest BCUT2D eigenvalue weighted by molar-refractivity contribution is -0.122. The van der Waals surface area contributed by atoms with Crippen molar-refractivity contribution >= 4 is 57.8 Å². The van der Waals surface area contributed by atoms with E-state index in [1.54, 1.807) is 47.4 Å². The van der Waals surface area contributed by atoms with E-state index in [-0.39, 0.29) is 18.3 Å². The van der Waals surface area contributed by atoms with Gasteiger partial charge in [-0.2, -0.15) is 0 Å². The topological polar surface area (TPSA) is 41.9 Å². The average Bonchev–Trinajstić information content (AvgIpc) is 3.10. The third-order valence-electron chi connectivity index (χ3n) is 4.95. The van der Waals surface area contributed by atoms with Crippen LogP contribution in [0.15, 0.2) is 76.6 Å². The van der Waals surface area contributed by atoms with Gasteiger partial charge >= 0.3 is 0 Å². The molecule has 1 heterocycles. The van der Waals surface area contributed by atoms with Gasteiger partial charge in [0.05, 0.1) is 15.6 Å². The number of amidine groups is 1. The van der Waals surface area contributed by atoms with E-state index in [2.05, 4.69) is 4.99 Å². The summed E-state index contributed by atoms with van der Waals surface area (Å²) in [6, 6.07) is 18.6. The van der Waals surface area contributed by atoms with Gasteiger partial charge in [-0.3, -0.25) is 9.69 Å². The molecule has 0 unspecified atom stereocenters. The second-order valence-corrected chi connectivity index (χ2v) is 9.40. The molecular weight excluding hydrogens is 494 g/mol. The zero-order valence-electron chi connectivity index (χ0n) is 18.3. The summed E-state index contributed by atoms with van der Waals surface area (Å²) in [6.07, 6.45) is 2.61. The molecule has 0 spiro atoms. The Morgan fingerprint density at radius 3 is 2.47 bits per heavy atom. The van der Waals surface area contributed by atoms with Gasteiger partial charge in [-0.1, -0.05) is 48.3 Å². The third-order valence-corrected chi connectivity index (χ3v) is 6.50.